The second-order valence-electron chi connectivity index (χ2n) is 7.40. The highest BCUT2D eigenvalue weighted by Gasteiger charge is 2.15. The molecule has 0 aromatic heterocycles. The van der Waals surface area contributed by atoms with E-state index in [2.05, 4.69) is 21.2 Å². The van der Waals surface area contributed by atoms with Gasteiger partial charge in [-0.15, -0.1) is 0 Å². The van der Waals surface area contributed by atoms with Crippen LogP contribution in [0.4, 0.5) is 5.69 Å². The Morgan fingerprint density at radius 2 is 1.79 bits per heavy atom. The zero-order valence-electron chi connectivity index (χ0n) is 18.8. The molecule has 0 atom stereocenters. The smallest absolute Gasteiger partial charge is 0.266 e. The Kier molecular flexibility index (Phi) is 8.28. The molecule has 0 aliphatic carbocycles. The maximum absolute atomic E-state index is 12.8. The molecule has 3 rings (SSSR count). The summed E-state index contributed by atoms with van der Waals surface area (Å²) in [6, 6.07) is 21.0. The van der Waals surface area contributed by atoms with Gasteiger partial charge in [0.25, 0.3) is 5.91 Å². The van der Waals surface area contributed by atoms with Crippen molar-refractivity contribution in [3.8, 4) is 17.6 Å². The van der Waals surface area contributed by atoms with Crippen LogP contribution in [0.15, 0.2) is 70.7 Å². The molecule has 1 N–H and O–H groups in total. The fourth-order valence-electron chi connectivity index (χ4n) is 3.16. The number of amides is 1. The molecule has 3 aromatic rings. The summed E-state index contributed by atoms with van der Waals surface area (Å²) in [4.78, 5) is 12.8. The molecule has 0 saturated heterocycles. The lowest BCUT2D eigenvalue weighted by Crippen LogP contribution is -2.14. The molecule has 168 valence electrons. The van der Waals surface area contributed by atoms with Crippen LogP contribution in [0, 0.1) is 25.2 Å². The number of halogens is 1. The molecular formula is C27H25BrN2O3. The molecule has 3 aromatic carbocycles. The van der Waals surface area contributed by atoms with E-state index in [-0.39, 0.29) is 5.57 Å². The number of hydrogen-bond acceptors (Lipinski definition) is 4. The zero-order valence-corrected chi connectivity index (χ0v) is 20.4. The molecule has 5 nitrogen and oxygen atoms in total. The first-order valence-electron chi connectivity index (χ1n) is 10.5. The summed E-state index contributed by atoms with van der Waals surface area (Å²) >= 11 is 3.53. The van der Waals surface area contributed by atoms with Crippen molar-refractivity contribution in [1.29, 1.82) is 5.26 Å². The first-order valence-corrected chi connectivity index (χ1v) is 11.3. The lowest BCUT2D eigenvalue weighted by molar-refractivity contribution is -0.112. The number of carbonyl (C=O) groups excluding carboxylic acids is 1. The Hall–Kier alpha value is -3.56. The van der Waals surface area contributed by atoms with Gasteiger partial charge in [-0.3, -0.25) is 4.79 Å². The lowest BCUT2D eigenvalue weighted by atomic mass is 10.1. The van der Waals surface area contributed by atoms with Gasteiger partial charge in [0.05, 0.1) is 6.61 Å². The average Bonchev–Trinajstić information content (AvgIpc) is 2.81. The third-order valence-electron chi connectivity index (χ3n) is 5.12. The van der Waals surface area contributed by atoms with E-state index in [0.717, 1.165) is 16.7 Å². The van der Waals surface area contributed by atoms with Gasteiger partial charge in [-0.25, -0.2) is 0 Å². The molecule has 0 aliphatic rings. The van der Waals surface area contributed by atoms with Crippen LogP contribution in [0.2, 0.25) is 0 Å². The van der Waals surface area contributed by atoms with Crippen molar-refractivity contribution in [1.82, 2.24) is 0 Å². The van der Waals surface area contributed by atoms with E-state index in [4.69, 9.17) is 9.47 Å². The SMILES string of the molecule is CCOc1cc(/C=C(\C#N)C(=O)Nc2cccc(C)c2C)c(Br)cc1OCc1ccccc1. The average molecular weight is 505 g/mol. The van der Waals surface area contributed by atoms with Crippen molar-refractivity contribution in [2.75, 3.05) is 11.9 Å². The molecule has 1 amide bonds. The van der Waals surface area contributed by atoms with Gasteiger partial charge in [-0.05, 0) is 67.3 Å². The van der Waals surface area contributed by atoms with E-state index >= 15 is 0 Å². The van der Waals surface area contributed by atoms with Gasteiger partial charge in [-0.1, -0.05) is 58.4 Å². The van der Waals surface area contributed by atoms with E-state index in [1.54, 1.807) is 12.1 Å². The van der Waals surface area contributed by atoms with Gasteiger partial charge in [0.2, 0.25) is 0 Å². The second kappa shape index (κ2) is 11.3. The van der Waals surface area contributed by atoms with E-state index in [1.165, 1.54) is 6.08 Å². The first kappa shape index (κ1) is 24.1. The normalized spacial score (nSPS) is 10.9. The molecule has 0 unspecified atom stereocenters. The minimum absolute atomic E-state index is 0.0167. The number of nitrogens with one attached hydrogen (secondary N) is 1. The first-order chi connectivity index (χ1) is 15.9. The van der Waals surface area contributed by atoms with Gasteiger partial charge >= 0.3 is 0 Å². The maximum atomic E-state index is 12.8. The van der Waals surface area contributed by atoms with Crippen LogP contribution in [0.3, 0.4) is 0 Å². The van der Waals surface area contributed by atoms with Crippen LogP contribution in [-0.4, -0.2) is 12.5 Å². The fraction of sp³-hybridized carbons (Fsp3) is 0.185. The third kappa shape index (κ3) is 6.24. The van der Waals surface area contributed by atoms with Crippen LogP contribution in [0.5, 0.6) is 11.5 Å². The number of anilines is 1. The Balaban J connectivity index is 1.87. The van der Waals surface area contributed by atoms with Crippen LogP contribution in [0.1, 0.15) is 29.2 Å². The Bertz CT molecular complexity index is 1210. The number of ether oxygens (including phenoxy) is 2. The highest BCUT2D eigenvalue weighted by molar-refractivity contribution is 9.10. The number of nitrogens with zero attached hydrogens (tertiary/aromatic N) is 1. The molecule has 0 fully saturated rings. The van der Waals surface area contributed by atoms with Gasteiger partial charge in [0, 0.05) is 10.2 Å². The zero-order chi connectivity index (χ0) is 23.8. The predicted molar refractivity (Wildman–Crippen MR) is 134 cm³/mol. The summed E-state index contributed by atoms with van der Waals surface area (Å²) in [6.45, 7) is 6.63. The highest BCUT2D eigenvalue weighted by Crippen LogP contribution is 2.35. The summed E-state index contributed by atoms with van der Waals surface area (Å²) in [5, 5.41) is 12.5. The van der Waals surface area contributed by atoms with Crippen LogP contribution in [0.25, 0.3) is 6.08 Å². The molecule has 0 heterocycles. The molecule has 0 bridgehead atoms. The highest BCUT2D eigenvalue weighted by atomic mass is 79.9. The minimum atomic E-state index is -0.472. The molecular weight excluding hydrogens is 480 g/mol. The number of carbonyl (C=O) groups is 1. The van der Waals surface area contributed by atoms with Crippen LogP contribution in [-0.2, 0) is 11.4 Å². The second-order valence-corrected chi connectivity index (χ2v) is 8.25. The molecule has 6 heteroatoms. The van der Waals surface area contributed by atoms with Crippen molar-refractivity contribution >= 4 is 33.6 Å². The van der Waals surface area contributed by atoms with Crippen LogP contribution < -0.4 is 14.8 Å². The number of nitriles is 1. The van der Waals surface area contributed by atoms with Crippen molar-refractivity contribution in [3.63, 3.8) is 0 Å². The van der Waals surface area contributed by atoms with Gasteiger partial charge < -0.3 is 14.8 Å². The van der Waals surface area contributed by atoms with E-state index in [9.17, 15) is 10.1 Å². The Morgan fingerprint density at radius 3 is 2.48 bits per heavy atom. The number of benzene rings is 3. The van der Waals surface area contributed by atoms with Gasteiger partial charge in [0.15, 0.2) is 11.5 Å². The predicted octanol–water partition coefficient (Wildman–Crippen LogP) is 6.59. The third-order valence-corrected chi connectivity index (χ3v) is 5.80. The maximum Gasteiger partial charge on any atom is 0.266 e. The molecule has 0 radical (unpaired) electrons. The van der Waals surface area contributed by atoms with Crippen molar-refractivity contribution in [2.24, 2.45) is 0 Å². The summed E-state index contributed by atoms with van der Waals surface area (Å²) in [7, 11) is 0. The monoisotopic (exact) mass is 504 g/mol. The van der Waals surface area contributed by atoms with E-state index in [1.807, 2.05) is 75.4 Å². The number of aryl methyl sites for hydroxylation is 1. The summed E-state index contributed by atoms with van der Waals surface area (Å²) < 4.78 is 12.4. The Labute approximate surface area is 202 Å². The summed E-state index contributed by atoms with van der Waals surface area (Å²) in [5.41, 5.74) is 4.36. The Morgan fingerprint density at radius 1 is 1.06 bits per heavy atom. The molecule has 33 heavy (non-hydrogen) atoms. The summed E-state index contributed by atoms with van der Waals surface area (Å²) in [5.74, 6) is 0.638. The van der Waals surface area contributed by atoms with Gasteiger partial charge in [0.1, 0.15) is 18.2 Å². The number of rotatable bonds is 8. The lowest BCUT2D eigenvalue weighted by Gasteiger charge is -2.14. The molecule has 0 saturated carbocycles. The number of hydrogen-bond donors (Lipinski definition) is 1. The summed E-state index contributed by atoms with van der Waals surface area (Å²) in [6.07, 6.45) is 1.54. The van der Waals surface area contributed by atoms with E-state index < -0.39 is 5.91 Å². The standard InChI is InChI=1S/C27H25BrN2O3/c1-4-32-25-14-21(23(28)15-26(25)33-17-20-10-6-5-7-11-20)13-22(16-29)27(31)30-24-12-8-9-18(2)19(24)3/h5-15H,4,17H2,1-3H3,(H,30,31)/b22-13+. The fourth-order valence-corrected chi connectivity index (χ4v) is 3.59. The quantitative estimate of drug-likeness (QED) is 0.277. The van der Waals surface area contributed by atoms with Crippen LogP contribution >= 0.6 is 15.9 Å². The van der Waals surface area contributed by atoms with Crippen molar-refractivity contribution in [2.45, 2.75) is 27.4 Å². The van der Waals surface area contributed by atoms with Crippen molar-refractivity contribution < 1.29 is 14.3 Å². The van der Waals surface area contributed by atoms with Gasteiger partial charge in [-0.2, -0.15) is 5.26 Å². The topological polar surface area (TPSA) is 71.3 Å². The van der Waals surface area contributed by atoms with Crippen molar-refractivity contribution in [3.05, 3.63) is 93.0 Å². The molecule has 0 aliphatic heterocycles. The minimum Gasteiger partial charge on any atom is -0.490 e. The van der Waals surface area contributed by atoms with E-state index in [0.29, 0.717) is 40.4 Å². The largest absolute Gasteiger partial charge is 0.490 e. The molecule has 0 spiro atoms.